The van der Waals surface area contributed by atoms with E-state index in [4.69, 9.17) is 5.26 Å². The first kappa shape index (κ1) is 14.5. The van der Waals surface area contributed by atoms with Gasteiger partial charge in [0.2, 0.25) is 0 Å². The van der Waals surface area contributed by atoms with E-state index in [1.54, 1.807) is 18.2 Å². The first-order valence-electron chi connectivity index (χ1n) is 5.58. The number of sulfonamides is 1. The second-order valence-corrected chi connectivity index (χ2v) is 6.56. The van der Waals surface area contributed by atoms with Gasteiger partial charge in [-0.3, -0.25) is 4.72 Å². The third-order valence-corrected chi connectivity index (χ3v) is 4.62. The minimum absolute atomic E-state index is 0.135. The highest BCUT2D eigenvalue weighted by atomic mass is 79.9. The second-order valence-electron chi connectivity index (χ2n) is 4.05. The van der Waals surface area contributed by atoms with Gasteiger partial charge in [0.05, 0.1) is 5.69 Å². The van der Waals surface area contributed by atoms with E-state index in [0.29, 0.717) is 10.2 Å². The van der Waals surface area contributed by atoms with Crippen molar-refractivity contribution in [2.75, 3.05) is 4.72 Å². The van der Waals surface area contributed by atoms with Gasteiger partial charge in [0.15, 0.2) is 5.69 Å². The Hall–Kier alpha value is -1.91. The molecule has 0 radical (unpaired) electrons. The molecule has 5 nitrogen and oxygen atoms in total. The summed E-state index contributed by atoms with van der Waals surface area (Å²) in [6.07, 6.45) is 1.38. The van der Waals surface area contributed by atoms with Gasteiger partial charge in [0.1, 0.15) is 11.0 Å². The summed E-state index contributed by atoms with van der Waals surface area (Å²) in [5.74, 6) is 0. The second kappa shape index (κ2) is 5.61. The minimum Gasteiger partial charge on any atom is -0.278 e. The summed E-state index contributed by atoms with van der Waals surface area (Å²) in [5, 5.41) is 8.93. The molecule has 0 aliphatic carbocycles. The standard InChI is InChI=1S/C13H10BrN3O2S/c1-9-4-5-10(14)11(7-9)17-20(18,19)13-3-2-6-16-12(13)8-15/h2-7,17H,1H3. The van der Waals surface area contributed by atoms with E-state index >= 15 is 0 Å². The fraction of sp³-hybridized carbons (Fsp3) is 0.0769. The third kappa shape index (κ3) is 2.98. The molecule has 0 bridgehead atoms. The van der Waals surface area contributed by atoms with E-state index in [9.17, 15) is 8.42 Å². The van der Waals surface area contributed by atoms with Crippen LogP contribution in [0.4, 0.5) is 5.69 Å². The normalized spacial score (nSPS) is 10.8. The Morgan fingerprint density at radius 2 is 2.10 bits per heavy atom. The number of nitriles is 1. The van der Waals surface area contributed by atoms with Gasteiger partial charge in [-0.25, -0.2) is 13.4 Å². The van der Waals surface area contributed by atoms with Crippen LogP contribution in [0.15, 0.2) is 45.9 Å². The lowest BCUT2D eigenvalue weighted by atomic mass is 10.2. The molecule has 0 amide bonds. The van der Waals surface area contributed by atoms with E-state index in [1.165, 1.54) is 18.3 Å². The summed E-state index contributed by atoms with van der Waals surface area (Å²) in [6, 6.07) is 9.89. The lowest BCUT2D eigenvalue weighted by Gasteiger charge is -2.11. The Bertz CT molecular complexity index is 798. The molecule has 102 valence electrons. The predicted octanol–water partition coefficient (Wildman–Crippen LogP) is 2.83. The van der Waals surface area contributed by atoms with Crippen molar-refractivity contribution in [1.29, 1.82) is 5.26 Å². The zero-order chi connectivity index (χ0) is 14.8. The van der Waals surface area contributed by atoms with Crippen LogP contribution in [0.25, 0.3) is 0 Å². The maximum absolute atomic E-state index is 12.3. The van der Waals surface area contributed by atoms with Crippen molar-refractivity contribution in [2.45, 2.75) is 11.8 Å². The SMILES string of the molecule is Cc1ccc(Br)c(NS(=O)(=O)c2cccnc2C#N)c1. The number of hydrogen-bond donors (Lipinski definition) is 1. The molecule has 0 aliphatic rings. The van der Waals surface area contributed by atoms with Gasteiger partial charge in [-0.05, 0) is 52.7 Å². The van der Waals surface area contributed by atoms with E-state index in [-0.39, 0.29) is 10.6 Å². The summed E-state index contributed by atoms with van der Waals surface area (Å²) >= 11 is 3.28. The van der Waals surface area contributed by atoms with Crippen molar-refractivity contribution >= 4 is 31.6 Å². The number of anilines is 1. The number of hydrogen-bond acceptors (Lipinski definition) is 4. The highest BCUT2D eigenvalue weighted by molar-refractivity contribution is 9.10. The molecule has 0 aliphatic heterocycles. The Kier molecular flexibility index (Phi) is 4.06. The number of rotatable bonds is 3. The van der Waals surface area contributed by atoms with Gasteiger partial charge in [-0.1, -0.05) is 6.07 Å². The average Bonchev–Trinajstić information content (AvgIpc) is 2.42. The highest BCUT2D eigenvalue weighted by Gasteiger charge is 2.20. The van der Waals surface area contributed by atoms with Crippen molar-refractivity contribution in [3.05, 3.63) is 52.3 Å². The maximum atomic E-state index is 12.3. The average molecular weight is 352 g/mol. The van der Waals surface area contributed by atoms with Crippen molar-refractivity contribution in [3.63, 3.8) is 0 Å². The molecule has 1 N–H and O–H groups in total. The first-order valence-corrected chi connectivity index (χ1v) is 7.86. The topological polar surface area (TPSA) is 82.8 Å². The Balaban J connectivity index is 2.47. The van der Waals surface area contributed by atoms with Crippen LogP contribution in [0.2, 0.25) is 0 Å². The van der Waals surface area contributed by atoms with E-state index in [2.05, 4.69) is 25.6 Å². The number of nitrogens with zero attached hydrogens (tertiary/aromatic N) is 2. The zero-order valence-electron chi connectivity index (χ0n) is 10.5. The van der Waals surface area contributed by atoms with Gasteiger partial charge in [0.25, 0.3) is 10.0 Å². The molecule has 7 heteroatoms. The van der Waals surface area contributed by atoms with E-state index in [1.807, 2.05) is 13.0 Å². The molecule has 0 atom stereocenters. The highest BCUT2D eigenvalue weighted by Crippen LogP contribution is 2.26. The van der Waals surface area contributed by atoms with Crippen LogP contribution in [-0.2, 0) is 10.0 Å². The molecule has 1 heterocycles. The van der Waals surface area contributed by atoms with Crippen LogP contribution in [0.5, 0.6) is 0 Å². The molecule has 0 spiro atoms. The van der Waals surface area contributed by atoms with Crippen molar-refractivity contribution < 1.29 is 8.42 Å². The van der Waals surface area contributed by atoms with Crippen LogP contribution in [0.3, 0.4) is 0 Å². The molecule has 0 fully saturated rings. The molecule has 2 rings (SSSR count). The lowest BCUT2D eigenvalue weighted by molar-refractivity contribution is 0.600. The summed E-state index contributed by atoms with van der Waals surface area (Å²) < 4.78 is 27.7. The maximum Gasteiger partial charge on any atom is 0.264 e. The molecule has 0 saturated heterocycles. The van der Waals surface area contributed by atoms with Crippen molar-refractivity contribution in [1.82, 2.24) is 4.98 Å². The van der Waals surface area contributed by atoms with Crippen LogP contribution in [0.1, 0.15) is 11.3 Å². The quantitative estimate of drug-likeness (QED) is 0.921. The zero-order valence-corrected chi connectivity index (χ0v) is 12.9. The Morgan fingerprint density at radius 3 is 2.80 bits per heavy atom. The number of aryl methyl sites for hydroxylation is 1. The number of benzene rings is 1. The van der Waals surface area contributed by atoms with Crippen LogP contribution >= 0.6 is 15.9 Å². The molecular weight excluding hydrogens is 342 g/mol. The summed E-state index contributed by atoms with van der Waals surface area (Å²) in [5.41, 5.74) is 1.19. The lowest BCUT2D eigenvalue weighted by Crippen LogP contribution is -2.15. The fourth-order valence-corrected chi connectivity index (χ4v) is 3.26. The molecular formula is C13H10BrN3O2S. The van der Waals surface area contributed by atoms with Crippen LogP contribution < -0.4 is 4.72 Å². The fourth-order valence-electron chi connectivity index (χ4n) is 1.61. The largest absolute Gasteiger partial charge is 0.278 e. The van der Waals surface area contributed by atoms with Crippen LogP contribution in [0, 0.1) is 18.3 Å². The molecule has 0 unspecified atom stereocenters. The molecule has 1 aromatic heterocycles. The van der Waals surface area contributed by atoms with E-state index in [0.717, 1.165) is 5.56 Å². The Labute approximate surface area is 125 Å². The van der Waals surface area contributed by atoms with Crippen molar-refractivity contribution in [2.24, 2.45) is 0 Å². The summed E-state index contributed by atoms with van der Waals surface area (Å²) in [6.45, 7) is 1.86. The Morgan fingerprint density at radius 1 is 1.35 bits per heavy atom. The van der Waals surface area contributed by atoms with Gasteiger partial charge < -0.3 is 0 Å². The van der Waals surface area contributed by atoms with Gasteiger partial charge in [0, 0.05) is 10.7 Å². The van der Waals surface area contributed by atoms with Gasteiger partial charge in [-0.15, -0.1) is 0 Å². The monoisotopic (exact) mass is 351 g/mol. The van der Waals surface area contributed by atoms with Crippen LogP contribution in [-0.4, -0.2) is 13.4 Å². The predicted molar refractivity (Wildman–Crippen MR) is 78.6 cm³/mol. The van der Waals surface area contributed by atoms with E-state index < -0.39 is 10.0 Å². The summed E-state index contributed by atoms with van der Waals surface area (Å²) in [4.78, 5) is 3.61. The molecule has 2 aromatic rings. The van der Waals surface area contributed by atoms with Crippen molar-refractivity contribution in [3.8, 4) is 6.07 Å². The first-order chi connectivity index (χ1) is 9.44. The number of aromatic nitrogens is 1. The third-order valence-electron chi connectivity index (χ3n) is 2.53. The molecule has 1 aromatic carbocycles. The minimum atomic E-state index is -3.86. The number of halogens is 1. The smallest absolute Gasteiger partial charge is 0.264 e. The van der Waals surface area contributed by atoms with Gasteiger partial charge >= 0.3 is 0 Å². The van der Waals surface area contributed by atoms with Gasteiger partial charge in [-0.2, -0.15) is 5.26 Å². The number of nitrogens with one attached hydrogen (secondary N) is 1. The molecule has 20 heavy (non-hydrogen) atoms. The molecule has 0 saturated carbocycles. The number of pyridine rings is 1. The summed E-state index contributed by atoms with van der Waals surface area (Å²) in [7, 11) is -3.86.